The van der Waals surface area contributed by atoms with Crippen LogP contribution >= 0.6 is 0 Å². The summed E-state index contributed by atoms with van der Waals surface area (Å²) in [5.41, 5.74) is 13.2. The Hall–Kier alpha value is -5.48. The highest BCUT2D eigenvalue weighted by molar-refractivity contribution is 6.25. The molecule has 0 bridgehead atoms. The molecule has 0 N–H and O–H groups in total. The molecule has 0 radical (unpaired) electrons. The lowest BCUT2D eigenvalue weighted by molar-refractivity contribution is 0.901. The summed E-state index contributed by atoms with van der Waals surface area (Å²) in [7, 11) is 0. The largest absolute Gasteiger partial charge is 0.294 e. The molecule has 0 saturated heterocycles. The molecule has 1 aliphatic rings. The fourth-order valence-electron chi connectivity index (χ4n) is 6.72. The van der Waals surface area contributed by atoms with E-state index in [1.54, 1.807) is 0 Å². The number of pyridine rings is 1. The maximum atomic E-state index is 5.51. The van der Waals surface area contributed by atoms with E-state index in [0.29, 0.717) is 0 Å². The Morgan fingerprint density at radius 3 is 1.98 bits per heavy atom. The first-order valence-electron chi connectivity index (χ1n) is 14.0. The Labute approximate surface area is 236 Å². The zero-order valence-electron chi connectivity index (χ0n) is 22.4. The molecule has 8 aromatic rings. The van der Waals surface area contributed by atoms with Gasteiger partial charge in [-0.1, -0.05) is 97.1 Å². The van der Waals surface area contributed by atoms with Crippen molar-refractivity contribution in [1.82, 2.24) is 19.3 Å². The van der Waals surface area contributed by atoms with Crippen LogP contribution in [0.25, 0.3) is 77.9 Å². The van der Waals surface area contributed by atoms with Gasteiger partial charge >= 0.3 is 0 Å². The number of hydrogen-bond donors (Lipinski definition) is 0. The number of rotatable bonds is 2. The molecule has 0 saturated carbocycles. The SMILES string of the molecule is Cc1cccc2c1-c1c3c(nn(-c4ccccc4)c3nc3c1c1ccccc1n3-c1ccccc1)-c1ccccc1-2. The molecule has 4 nitrogen and oxygen atoms in total. The van der Waals surface area contributed by atoms with Gasteiger partial charge in [0, 0.05) is 27.6 Å². The molecular formula is C37H24N4. The van der Waals surface area contributed by atoms with Crippen LogP contribution in [0.15, 0.2) is 127 Å². The van der Waals surface area contributed by atoms with Gasteiger partial charge in [0.2, 0.25) is 0 Å². The lowest BCUT2D eigenvalue weighted by atomic mass is 9.89. The fraction of sp³-hybridized carbons (Fsp3) is 0.0270. The summed E-state index contributed by atoms with van der Waals surface area (Å²) < 4.78 is 4.33. The van der Waals surface area contributed by atoms with E-state index in [-0.39, 0.29) is 0 Å². The van der Waals surface area contributed by atoms with Crippen molar-refractivity contribution in [1.29, 1.82) is 0 Å². The van der Waals surface area contributed by atoms with Crippen molar-refractivity contribution in [2.75, 3.05) is 0 Å². The summed E-state index contributed by atoms with van der Waals surface area (Å²) >= 11 is 0. The summed E-state index contributed by atoms with van der Waals surface area (Å²) in [6.07, 6.45) is 0. The first-order chi connectivity index (χ1) is 20.3. The minimum atomic E-state index is 0.861. The van der Waals surface area contributed by atoms with Crippen molar-refractivity contribution in [2.24, 2.45) is 0 Å². The molecule has 41 heavy (non-hydrogen) atoms. The van der Waals surface area contributed by atoms with Crippen LogP contribution < -0.4 is 0 Å². The quantitative estimate of drug-likeness (QED) is 0.226. The lowest BCUT2D eigenvalue weighted by Gasteiger charge is -2.15. The molecule has 0 amide bonds. The van der Waals surface area contributed by atoms with Crippen LogP contribution in [-0.4, -0.2) is 19.3 Å². The van der Waals surface area contributed by atoms with Gasteiger partial charge in [0.25, 0.3) is 0 Å². The van der Waals surface area contributed by atoms with Crippen molar-refractivity contribution >= 4 is 33.0 Å². The van der Waals surface area contributed by atoms with Crippen LogP contribution in [0.2, 0.25) is 0 Å². The lowest BCUT2D eigenvalue weighted by Crippen LogP contribution is -2.01. The van der Waals surface area contributed by atoms with Crippen LogP contribution in [0.3, 0.4) is 0 Å². The van der Waals surface area contributed by atoms with Crippen LogP contribution in [0.1, 0.15) is 5.56 Å². The zero-order chi connectivity index (χ0) is 27.1. The Bertz CT molecular complexity index is 2310. The predicted octanol–water partition coefficient (Wildman–Crippen LogP) is 9.14. The molecule has 0 spiro atoms. The van der Waals surface area contributed by atoms with Crippen LogP contribution in [-0.2, 0) is 0 Å². The van der Waals surface area contributed by atoms with Gasteiger partial charge in [-0.25, -0.2) is 9.67 Å². The zero-order valence-corrected chi connectivity index (χ0v) is 22.4. The summed E-state index contributed by atoms with van der Waals surface area (Å²) in [6, 6.07) is 44.9. The Morgan fingerprint density at radius 2 is 1.17 bits per heavy atom. The van der Waals surface area contributed by atoms with Crippen molar-refractivity contribution in [2.45, 2.75) is 6.92 Å². The van der Waals surface area contributed by atoms with Gasteiger partial charge < -0.3 is 0 Å². The number of para-hydroxylation sites is 3. The van der Waals surface area contributed by atoms with Crippen LogP contribution in [0.4, 0.5) is 0 Å². The van der Waals surface area contributed by atoms with Crippen LogP contribution in [0.5, 0.6) is 0 Å². The number of aromatic nitrogens is 4. The van der Waals surface area contributed by atoms with E-state index >= 15 is 0 Å². The average molecular weight is 525 g/mol. The number of benzene rings is 5. The van der Waals surface area contributed by atoms with Crippen molar-refractivity contribution < 1.29 is 0 Å². The molecule has 192 valence electrons. The molecule has 0 unspecified atom stereocenters. The summed E-state index contributed by atoms with van der Waals surface area (Å²) in [5, 5.41) is 8.78. The summed E-state index contributed by atoms with van der Waals surface area (Å²) in [4.78, 5) is 5.51. The molecule has 3 aromatic heterocycles. The minimum absolute atomic E-state index is 0.861. The third kappa shape index (κ3) is 2.99. The highest BCUT2D eigenvalue weighted by Gasteiger charge is 2.31. The highest BCUT2D eigenvalue weighted by atomic mass is 15.3. The second-order valence-electron chi connectivity index (χ2n) is 10.7. The number of fused-ring (bicyclic) bond motifs is 9. The third-order valence-corrected chi connectivity index (χ3v) is 8.43. The monoisotopic (exact) mass is 524 g/mol. The smallest absolute Gasteiger partial charge is 0.166 e. The molecule has 4 heteroatoms. The van der Waals surface area contributed by atoms with Gasteiger partial charge in [-0.15, -0.1) is 0 Å². The molecule has 0 fully saturated rings. The maximum absolute atomic E-state index is 5.51. The van der Waals surface area contributed by atoms with E-state index in [4.69, 9.17) is 10.1 Å². The van der Waals surface area contributed by atoms with Crippen LogP contribution in [0, 0.1) is 6.92 Å². The second-order valence-corrected chi connectivity index (χ2v) is 10.7. The van der Waals surface area contributed by atoms with E-state index in [0.717, 1.165) is 50.2 Å². The summed E-state index contributed by atoms with van der Waals surface area (Å²) in [5.74, 6) is 0. The van der Waals surface area contributed by atoms with Gasteiger partial charge in [-0.3, -0.25) is 4.57 Å². The van der Waals surface area contributed by atoms with E-state index in [1.165, 1.54) is 33.2 Å². The van der Waals surface area contributed by atoms with E-state index in [1.807, 2.05) is 10.7 Å². The number of nitrogens with zero attached hydrogens (tertiary/aromatic N) is 4. The van der Waals surface area contributed by atoms with Gasteiger partial charge in [0.05, 0.1) is 16.6 Å². The molecule has 9 rings (SSSR count). The van der Waals surface area contributed by atoms with Crippen molar-refractivity contribution in [3.05, 3.63) is 133 Å². The third-order valence-electron chi connectivity index (χ3n) is 8.43. The van der Waals surface area contributed by atoms with Crippen molar-refractivity contribution in [3.63, 3.8) is 0 Å². The number of aryl methyl sites for hydroxylation is 1. The molecule has 0 atom stereocenters. The number of hydrogen-bond acceptors (Lipinski definition) is 2. The molecular weight excluding hydrogens is 500 g/mol. The standard InChI is InChI=1S/C37H24N4/c1-23-13-12-21-27-26-18-8-9-19-28(26)35-34-33(31(23)27)32-29-20-10-11-22-30(29)40(24-14-4-2-5-15-24)36(32)38-37(34)41(39-35)25-16-6-3-7-17-25/h2-22H,1H3. The van der Waals surface area contributed by atoms with Crippen molar-refractivity contribution in [3.8, 4) is 44.9 Å². The Morgan fingerprint density at radius 1 is 0.512 bits per heavy atom. The Balaban J connectivity index is 1.60. The molecule has 5 aromatic carbocycles. The van der Waals surface area contributed by atoms with E-state index in [2.05, 4.69) is 133 Å². The van der Waals surface area contributed by atoms with Gasteiger partial charge in [0.15, 0.2) is 5.65 Å². The fourth-order valence-corrected chi connectivity index (χ4v) is 6.72. The molecule has 3 heterocycles. The first-order valence-corrected chi connectivity index (χ1v) is 14.0. The second kappa shape index (κ2) is 8.26. The van der Waals surface area contributed by atoms with Gasteiger partial charge in [-0.05, 0) is 59.5 Å². The highest BCUT2D eigenvalue weighted by Crippen LogP contribution is 2.52. The van der Waals surface area contributed by atoms with E-state index in [9.17, 15) is 0 Å². The van der Waals surface area contributed by atoms with Gasteiger partial charge in [0.1, 0.15) is 11.3 Å². The average Bonchev–Trinajstić information content (AvgIpc) is 3.53. The van der Waals surface area contributed by atoms with Gasteiger partial charge in [-0.2, -0.15) is 5.10 Å². The van der Waals surface area contributed by atoms with E-state index < -0.39 is 0 Å². The molecule has 1 aliphatic carbocycles. The molecule has 0 aliphatic heterocycles. The first kappa shape index (κ1) is 22.3. The Kier molecular flexibility index (Phi) is 4.50. The predicted molar refractivity (Wildman–Crippen MR) is 168 cm³/mol. The minimum Gasteiger partial charge on any atom is -0.294 e. The summed E-state index contributed by atoms with van der Waals surface area (Å²) in [6.45, 7) is 2.22. The normalized spacial score (nSPS) is 12.0. The topological polar surface area (TPSA) is 35.6 Å². The maximum Gasteiger partial charge on any atom is 0.166 e.